The van der Waals surface area contributed by atoms with Crippen molar-refractivity contribution in [3.05, 3.63) is 35.4 Å². The maximum absolute atomic E-state index is 5.85. The zero-order chi connectivity index (χ0) is 19.7. The monoisotopic (exact) mass is 515 g/mol. The van der Waals surface area contributed by atoms with Gasteiger partial charge in [0.25, 0.3) is 0 Å². The molecule has 164 valence electrons. The lowest BCUT2D eigenvalue weighted by atomic mass is 9.92. The van der Waals surface area contributed by atoms with Gasteiger partial charge in [-0.3, -0.25) is 4.99 Å². The van der Waals surface area contributed by atoms with Crippen molar-refractivity contribution in [2.75, 3.05) is 46.1 Å². The van der Waals surface area contributed by atoms with Crippen molar-refractivity contribution in [2.45, 2.75) is 51.4 Å². The topological polar surface area (TPSA) is 54.9 Å². The van der Waals surface area contributed by atoms with E-state index < -0.39 is 0 Å². The second kappa shape index (κ2) is 12.7. The Kier molecular flexibility index (Phi) is 10.7. The van der Waals surface area contributed by atoms with Crippen molar-refractivity contribution in [1.29, 1.82) is 0 Å². The van der Waals surface area contributed by atoms with Gasteiger partial charge >= 0.3 is 0 Å². The minimum atomic E-state index is 0. The fraction of sp³-hybridized carbons (Fsp3) is 0.696. The Balaban J connectivity index is 0.00000300. The lowest BCUT2D eigenvalue weighted by Crippen LogP contribution is -2.38. The minimum absolute atomic E-state index is 0. The summed E-state index contributed by atoms with van der Waals surface area (Å²) in [5, 5.41) is 6.84. The van der Waals surface area contributed by atoms with Crippen LogP contribution in [0.25, 0.3) is 0 Å². The summed E-state index contributed by atoms with van der Waals surface area (Å²) in [6, 6.07) is 8.75. The first kappa shape index (κ1) is 24.4. The van der Waals surface area contributed by atoms with Gasteiger partial charge in [-0.05, 0) is 63.0 Å². The van der Waals surface area contributed by atoms with E-state index in [0.717, 1.165) is 71.3 Å². The molecule has 0 spiro atoms. The third-order valence-corrected chi connectivity index (χ3v) is 5.91. The van der Waals surface area contributed by atoms with E-state index in [9.17, 15) is 0 Å². The largest absolute Gasteiger partial charge is 0.381 e. The highest BCUT2D eigenvalue weighted by molar-refractivity contribution is 14.0. The fourth-order valence-electron chi connectivity index (χ4n) is 3.95. The normalized spacial score (nSPS) is 18.8. The van der Waals surface area contributed by atoms with Crippen LogP contribution in [0.15, 0.2) is 29.3 Å². The molecular weight excluding hydrogens is 477 g/mol. The number of benzene rings is 1. The quantitative estimate of drug-likeness (QED) is 0.214. The molecule has 0 aromatic heterocycles. The first-order chi connectivity index (χ1) is 13.7. The highest BCUT2D eigenvalue weighted by Crippen LogP contribution is 2.49. The van der Waals surface area contributed by atoms with Crippen LogP contribution in [0, 0.1) is 12.8 Å². The van der Waals surface area contributed by atoms with Gasteiger partial charge in [-0.15, -0.1) is 24.0 Å². The molecule has 0 amide bonds. The molecule has 1 aromatic rings. The van der Waals surface area contributed by atoms with Crippen LogP contribution in [0.5, 0.6) is 0 Å². The second-order valence-corrected chi connectivity index (χ2v) is 8.20. The summed E-state index contributed by atoms with van der Waals surface area (Å²) in [4.78, 5) is 4.90. The molecule has 2 fully saturated rings. The van der Waals surface area contributed by atoms with Crippen LogP contribution >= 0.6 is 24.0 Å². The summed E-state index contributed by atoms with van der Waals surface area (Å²) in [6.45, 7) is 10.4. The number of ether oxygens (including phenoxy) is 2. The summed E-state index contributed by atoms with van der Waals surface area (Å²) in [6.07, 6.45) is 5.74. The molecule has 0 unspecified atom stereocenters. The molecule has 0 radical (unpaired) electrons. The zero-order valence-electron chi connectivity index (χ0n) is 18.0. The van der Waals surface area contributed by atoms with Crippen molar-refractivity contribution in [3.8, 4) is 0 Å². The molecule has 2 aliphatic rings. The molecule has 1 aliphatic carbocycles. The highest BCUT2D eigenvalue weighted by atomic mass is 127. The van der Waals surface area contributed by atoms with E-state index in [4.69, 9.17) is 14.5 Å². The predicted octanol–water partition coefficient (Wildman–Crippen LogP) is 4.03. The Labute approximate surface area is 193 Å². The van der Waals surface area contributed by atoms with E-state index in [1.807, 2.05) is 0 Å². The number of hydrogen-bond donors (Lipinski definition) is 2. The zero-order valence-corrected chi connectivity index (χ0v) is 20.4. The maximum atomic E-state index is 5.85. The molecule has 0 bridgehead atoms. The summed E-state index contributed by atoms with van der Waals surface area (Å²) >= 11 is 0. The molecule has 5 nitrogen and oxygen atoms in total. The van der Waals surface area contributed by atoms with E-state index in [2.05, 4.69) is 48.7 Å². The van der Waals surface area contributed by atoms with Crippen LogP contribution in [-0.2, 0) is 14.9 Å². The highest BCUT2D eigenvalue weighted by Gasteiger charge is 2.44. The van der Waals surface area contributed by atoms with Crippen LogP contribution in [0.4, 0.5) is 0 Å². The number of aliphatic imine (C=N–C) groups is 1. The summed E-state index contributed by atoms with van der Waals surface area (Å²) < 4.78 is 11.2. The molecule has 1 aliphatic heterocycles. The summed E-state index contributed by atoms with van der Waals surface area (Å²) in [5.41, 5.74) is 3.10. The van der Waals surface area contributed by atoms with Crippen LogP contribution in [0.3, 0.4) is 0 Å². The van der Waals surface area contributed by atoms with Crippen molar-refractivity contribution < 1.29 is 9.47 Å². The minimum Gasteiger partial charge on any atom is -0.381 e. The molecule has 1 aromatic carbocycles. The fourth-order valence-corrected chi connectivity index (χ4v) is 3.95. The van der Waals surface area contributed by atoms with Crippen LogP contribution < -0.4 is 10.6 Å². The van der Waals surface area contributed by atoms with E-state index in [-0.39, 0.29) is 29.4 Å². The molecule has 6 heteroatoms. The van der Waals surface area contributed by atoms with Gasteiger partial charge in [0, 0.05) is 44.9 Å². The number of aryl methyl sites for hydroxylation is 1. The van der Waals surface area contributed by atoms with Crippen molar-refractivity contribution >= 4 is 29.9 Å². The van der Waals surface area contributed by atoms with Gasteiger partial charge < -0.3 is 20.1 Å². The smallest absolute Gasteiger partial charge is 0.191 e. The molecule has 1 heterocycles. The number of guanidine groups is 1. The molecule has 1 saturated heterocycles. The lowest BCUT2D eigenvalue weighted by Gasteiger charge is -2.21. The first-order valence-corrected chi connectivity index (χ1v) is 11.0. The summed E-state index contributed by atoms with van der Waals surface area (Å²) in [7, 11) is 0. The number of nitrogens with zero attached hydrogens (tertiary/aromatic N) is 1. The molecular formula is C23H38IN3O2. The van der Waals surface area contributed by atoms with Crippen molar-refractivity contribution in [3.63, 3.8) is 0 Å². The Morgan fingerprint density at radius 1 is 1.21 bits per heavy atom. The number of rotatable bonds is 10. The standard InChI is InChI=1S/C23H37N3O2.HI/c1-3-24-22(25-13-6-14-28-17-20-9-15-27-16-10-20)26-18-23(11-12-23)21-8-5-4-7-19(21)2;/h4-5,7-8,20H,3,6,9-18H2,1-2H3,(H2,24,25,26);1H. The molecule has 2 N–H and O–H groups in total. The number of halogens is 1. The number of nitrogens with one attached hydrogen (secondary N) is 2. The average molecular weight is 515 g/mol. The van der Waals surface area contributed by atoms with Crippen LogP contribution in [0.2, 0.25) is 0 Å². The van der Waals surface area contributed by atoms with Gasteiger partial charge in [-0.2, -0.15) is 0 Å². The Bertz CT molecular complexity index is 628. The Morgan fingerprint density at radius 2 is 1.97 bits per heavy atom. The Hall–Kier alpha value is -0.860. The van der Waals surface area contributed by atoms with Gasteiger partial charge in [-0.25, -0.2) is 0 Å². The maximum Gasteiger partial charge on any atom is 0.191 e. The van der Waals surface area contributed by atoms with Crippen molar-refractivity contribution in [1.82, 2.24) is 10.6 Å². The van der Waals surface area contributed by atoms with Gasteiger partial charge in [0.15, 0.2) is 5.96 Å². The third-order valence-electron chi connectivity index (χ3n) is 5.91. The predicted molar refractivity (Wildman–Crippen MR) is 130 cm³/mol. The number of hydrogen-bond acceptors (Lipinski definition) is 3. The van der Waals surface area contributed by atoms with E-state index in [1.165, 1.54) is 24.0 Å². The van der Waals surface area contributed by atoms with Gasteiger partial charge in [0.2, 0.25) is 0 Å². The van der Waals surface area contributed by atoms with Crippen LogP contribution in [-0.4, -0.2) is 52.0 Å². The lowest BCUT2D eigenvalue weighted by molar-refractivity contribution is 0.0203. The van der Waals surface area contributed by atoms with Crippen molar-refractivity contribution in [2.24, 2.45) is 10.9 Å². The SMILES string of the molecule is CCNC(=NCC1(c2ccccc2C)CC1)NCCCOCC1CCOCC1.I. The van der Waals surface area contributed by atoms with E-state index in [1.54, 1.807) is 0 Å². The van der Waals surface area contributed by atoms with E-state index >= 15 is 0 Å². The van der Waals surface area contributed by atoms with Gasteiger partial charge in [0.1, 0.15) is 0 Å². The average Bonchev–Trinajstić information content (AvgIpc) is 3.50. The van der Waals surface area contributed by atoms with Gasteiger partial charge in [0.05, 0.1) is 6.54 Å². The molecule has 3 rings (SSSR count). The molecule has 0 atom stereocenters. The molecule has 1 saturated carbocycles. The summed E-state index contributed by atoms with van der Waals surface area (Å²) in [5.74, 6) is 1.60. The van der Waals surface area contributed by atoms with Gasteiger partial charge in [-0.1, -0.05) is 24.3 Å². The first-order valence-electron chi connectivity index (χ1n) is 11.0. The second-order valence-electron chi connectivity index (χ2n) is 8.20. The molecule has 29 heavy (non-hydrogen) atoms. The van der Waals surface area contributed by atoms with Crippen LogP contribution in [0.1, 0.15) is 50.2 Å². The third kappa shape index (κ3) is 7.72. The Morgan fingerprint density at radius 3 is 2.66 bits per heavy atom. The van der Waals surface area contributed by atoms with E-state index in [0.29, 0.717) is 5.92 Å².